The third kappa shape index (κ3) is 11.5. The predicted octanol–water partition coefficient (Wildman–Crippen LogP) is 8.28. The van der Waals surface area contributed by atoms with Crippen molar-refractivity contribution in [3.63, 3.8) is 0 Å². The minimum absolute atomic E-state index is 0.0711. The molecule has 1 unspecified atom stereocenters. The molecule has 28 heavy (non-hydrogen) atoms. The van der Waals surface area contributed by atoms with Gasteiger partial charge in [-0.3, -0.25) is 0 Å². The Labute approximate surface area is 174 Å². The quantitative estimate of drug-likeness (QED) is 0.198. The first-order chi connectivity index (χ1) is 13.7. The zero-order valence-corrected chi connectivity index (χ0v) is 18.8. The number of ether oxygens (including phenoxy) is 1. The van der Waals surface area contributed by atoms with E-state index >= 15 is 0 Å². The second-order valence-corrected chi connectivity index (χ2v) is 8.23. The molecule has 0 fully saturated rings. The van der Waals surface area contributed by atoms with Crippen molar-refractivity contribution in [2.24, 2.45) is 0 Å². The van der Waals surface area contributed by atoms with Gasteiger partial charge < -0.3 is 4.74 Å². The summed E-state index contributed by atoms with van der Waals surface area (Å²) in [6, 6.07) is 7.99. The van der Waals surface area contributed by atoms with Gasteiger partial charge in [-0.25, -0.2) is 4.79 Å². The Hall–Kier alpha value is -1.31. The number of carbonyl (C=O) groups excluding carboxylic acids is 1. The lowest BCUT2D eigenvalue weighted by Crippen LogP contribution is -2.18. The first-order valence-corrected chi connectivity index (χ1v) is 12.0. The van der Waals surface area contributed by atoms with E-state index in [0.29, 0.717) is 5.56 Å². The van der Waals surface area contributed by atoms with E-state index in [9.17, 15) is 4.79 Å². The van der Waals surface area contributed by atoms with Crippen LogP contribution in [0.15, 0.2) is 24.3 Å². The summed E-state index contributed by atoms with van der Waals surface area (Å²) in [7, 11) is 0. The fraction of sp³-hybridized carbons (Fsp3) is 0.731. The molecule has 2 nitrogen and oxygen atoms in total. The Morgan fingerprint density at radius 1 is 0.714 bits per heavy atom. The van der Waals surface area contributed by atoms with Gasteiger partial charge in [-0.1, -0.05) is 97.1 Å². The van der Waals surface area contributed by atoms with Gasteiger partial charge >= 0.3 is 5.97 Å². The molecule has 1 aromatic carbocycles. The van der Waals surface area contributed by atoms with Crippen LogP contribution in [0.2, 0.25) is 0 Å². The third-order valence-electron chi connectivity index (χ3n) is 5.52. The molecular weight excluding hydrogens is 344 g/mol. The Kier molecular flexibility index (Phi) is 14.7. The molecule has 0 saturated heterocycles. The van der Waals surface area contributed by atoms with Crippen molar-refractivity contribution < 1.29 is 9.53 Å². The van der Waals surface area contributed by atoms with E-state index in [1.807, 2.05) is 12.1 Å². The highest BCUT2D eigenvalue weighted by molar-refractivity contribution is 5.89. The van der Waals surface area contributed by atoms with E-state index in [2.05, 4.69) is 32.9 Å². The molecular formula is C26H44O2. The summed E-state index contributed by atoms with van der Waals surface area (Å²) in [6.07, 6.45) is 18.5. The Morgan fingerprint density at radius 3 is 1.86 bits per heavy atom. The van der Waals surface area contributed by atoms with Gasteiger partial charge in [0.25, 0.3) is 0 Å². The number of unbranched alkanes of at least 4 members (excludes halogenated alkanes) is 9. The average molecular weight is 389 g/mol. The zero-order chi connectivity index (χ0) is 20.5. The Balaban J connectivity index is 2.28. The van der Waals surface area contributed by atoms with Crippen LogP contribution in [0.25, 0.3) is 0 Å². The van der Waals surface area contributed by atoms with E-state index < -0.39 is 0 Å². The third-order valence-corrected chi connectivity index (χ3v) is 5.52. The number of aryl methyl sites for hydroxylation is 1. The second kappa shape index (κ2) is 16.6. The first-order valence-electron chi connectivity index (χ1n) is 12.0. The summed E-state index contributed by atoms with van der Waals surface area (Å²) in [5.74, 6) is -0.156. The standard InChI is InChI=1S/C26H44O2/c1-4-7-9-10-11-12-13-14-15-18-25(16-6-3)28-26(27)24-21-19-23(20-22-24)17-8-5-2/h19-22,25H,4-18H2,1-3H3. The van der Waals surface area contributed by atoms with Crippen molar-refractivity contribution >= 4 is 5.97 Å². The van der Waals surface area contributed by atoms with Crippen LogP contribution in [0.1, 0.15) is 127 Å². The van der Waals surface area contributed by atoms with E-state index in [-0.39, 0.29) is 12.1 Å². The Bertz CT molecular complexity index is 492. The number of esters is 1. The van der Waals surface area contributed by atoms with Gasteiger partial charge in [0, 0.05) is 0 Å². The Morgan fingerprint density at radius 2 is 1.29 bits per heavy atom. The lowest BCUT2D eigenvalue weighted by molar-refractivity contribution is 0.0253. The van der Waals surface area contributed by atoms with Gasteiger partial charge in [0.05, 0.1) is 5.56 Å². The van der Waals surface area contributed by atoms with Crippen molar-refractivity contribution in [3.8, 4) is 0 Å². The highest BCUT2D eigenvalue weighted by Crippen LogP contribution is 2.17. The lowest BCUT2D eigenvalue weighted by atomic mass is 10.0. The van der Waals surface area contributed by atoms with Gasteiger partial charge in [0.2, 0.25) is 0 Å². The maximum absolute atomic E-state index is 12.5. The van der Waals surface area contributed by atoms with Crippen LogP contribution in [-0.2, 0) is 11.2 Å². The summed E-state index contributed by atoms with van der Waals surface area (Å²) < 4.78 is 5.83. The first kappa shape index (κ1) is 24.7. The van der Waals surface area contributed by atoms with Crippen LogP contribution in [-0.4, -0.2) is 12.1 Å². The number of rotatable bonds is 17. The van der Waals surface area contributed by atoms with Gasteiger partial charge in [-0.2, -0.15) is 0 Å². The average Bonchev–Trinajstić information content (AvgIpc) is 2.71. The molecule has 0 aliphatic carbocycles. The van der Waals surface area contributed by atoms with Crippen LogP contribution < -0.4 is 0 Å². The smallest absolute Gasteiger partial charge is 0.338 e. The van der Waals surface area contributed by atoms with Crippen molar-refractivity contribution in [2.75, 3.05) is 0 Å². The number of carbonyl (C=O) groups is 1. The summed E-state index contributed by atoms with van der Waals surface area (Å²) in [5.41, 5.74) is 1.99. The minimum atomic E-state index is -0.156. The number of hydrogen-bond donors (Lipinski definition) is 0. The SMILES string of the molecule is CCCCCCCCCCCC(CCC)OC(=O)c1ccc(CCCC)cc1. The van der Waals surface area contributed by atoms with Gasteiger partial charge in [0.1, 0.15) is 6.10 Å². The van der Waals surface area contributed by atoms with Crippen molar-refractivity contribution in [1.82, 2.24) is 0 Å². The largest absolute Gasteiger partial charge is 0.459 e. The zero-order valence-electron chi connectivity index (χ0n) is 18.8. The van der Waals surface area contributed by atoms with E-state index in [1.165, 1.54) is 76.2 Å². The normalized spacial score (nSPS) is 12.1. The fourth-order valence-corrected chi connectivity index (χ4v) is 3.67. The lowest BCUT2D eigenvalue weighted by Gasteiger charge is -2.17. The molecule has 0 aliphatic rings. The molecule has 0 saturated carbocycles. The molecule has 0 bridgehead atoms. The molecule has 0 amide bonds. The van der Waals surface area contributed by atoms with E-state index in [4.69, 9.17) is 4.74 Å². The highest BCUT2D eigenvalue weighted by Gasteiger charge is 2.15. The molecule has 0 spiro atoms. The summed E-state index contributed by atoms with van der Waals surface area (Å²) in [5, 5.41) is 0. The molecule has 1 rings (SSSR count). The monoisotopic (exact) mass is 388 g/mol. The summed E-state index contributed by atoms with van der Waals surface area (Å²) in [6.45, 7) is 6.63. The number of benzene rings is 1. The molecule has 0 N–H and O–H groups in total. The van der Waals surface area contributed by atoms with Crippen LogP contribution in [0, 0.1) is 0 Å². The molecule has 2 heteroatoms. The van der Waals surface area contributed by atoms with Crippen molar-refractivity contribution in [2.45, 2.75) is 123 Å². The number of hydrogen-bond acceptors (Lipinski definition) is 2. The van der Waals surface area contributed by atoms with Crippen molar-refractivity contribution in [3.05, 3.63) is 35.4 Å². The summed E-state index contributed by atoms with van der Waals surface area (Å²) in [4.78, 5) is 12.5. The molecule has 160 valence electrons. The predicted molar refractivity (Wildman–Crippen MR) is 121 cm³/mol. The maximum Gasteiger partial charge on any atom is 0.338 e. The highest BCUT2D eigenvalue weighted by atomic mass is 16.5. The molecule has 0 aliphatic heterocycles. The molecule has 0 radical (unpaired) electrons. The van der Waals surface area contributed by atoms with E-state index in [0.717, 1.165) is 25.7 Å². The second-order valence-electron chi connectivity index (χ2n) is 8.23. The molecule has 1 atom stereocenters. The fourth-order valence-electron chi connectivity index (χ4n) is 3.67. The van der Waals surface area contributed by atoms with Crippen LogP contribution >= 0.6 is 0 Å². The van der Waals surface area contributed by atoms with Crippen LogP contribution in [0.4, 0.5) is 0 Å². The van der Waals surface area contributed by atoms with E-state index in [1.54, 1.807) is 0 Å². The maximum atomic E-state index is 12.5. The van der Waals surface area contributed by atoms with Crippen LogP contribution in [0.5, 0.6) is 0 Å². The van der Waals surface area contributed by atoms with Gasteiger partial charge in [-0.15, -0.1) is 0 Å². The topological polar surface area (TPSA) is 26.3 Å². The molecule has 0 heterocycles. The van der Waals surface area contributed by atoms with Crippen molar-refractivity contribution in [1.29, 1.82) is 0 Å². The van der Waals surface area contributed by atoms with Gasteiger partial charge in [-0.05, 0) is 49.8 Å². The molecule has 1 aromatic rings. The summed E-state index contributed by atoms with van der Waals surface area (Å²) >= 11 is 0. The minimum Gasteiger partial charge on any atom is -0.459 e. The molecule has 0 aromatic heterocycles. The van der Waals surface area contributed by atoms with Gasteiger partial charge in [0.15, 0.2) is 0 Å². The van der Waals surface area contributed by atoms with Crippen LogP contribution in [0.3, 0.4) is 0 Å².